The molecule has 5 nitrogen and oxygen atoms in total. The van der Waals surface area contributed by atoms with Crippen molar-refractivity contribution in [2.45, 2.75) is 0 Å². The molecule has 0 unspecified atom stereocenters. The highest BCUT2D eigenvalue weighted by molar-refractivity contribution is 7.71. The lowest BCUT2D eigenvalue weighted by Crippen LogP contribution is -2.10. The second kappa shape index (κ2) is 6.57. The number of rotatable bonds is 3. The van der Waals surface area contributed by atoms with Crippen molar-refractivity contribution in [3.8, 4) is 28.1 Å². The van der Waals surface area contributed by atoms with Gasteiger partial charge in [-0.2, -0.15) is 0 Å². The highest BCUT2D eigenvalue weighted by atomic mass is 32.1. The van der Waals surface area contributed by atoms with E-state index in [2.05, 4.69) is 15.0 Å². The molecule has 0 fully saturated rings. The second-order valence-electron chi connectivity index (χ2n) is 5.78. The van der Waals surface area contributed by atoms with Crippen LogP contribution in [-0.4, -0.2) is 22.1 Å². The molecule has 0 aliphatic heterocycles. The largest absolute Gasteiger partial charge is 0.497 e. The maximum atomic E-state index is 12.5. The van der Waals surface area contributed by atoms with Crippen molar-refractivity contribution < 1.29 is 4.74 Å². The molecule has 128 valence electrons. The summed E-state index contributed by atoms with van der Waals surface area (Å²) >= 11 is 5.11. The van der Waals surface area contributed by atoms with Gasteiger partial charge in [0.2, 0.25) is 0 Å². The number of nitrogens with one attached hydrogen (secondary N) is 2. The summed E-state index contributed by atoms with van der Waals surface area (Å²) in [5.74, 6) is 0.772. The van der Waals surface area contributed by atoms with Gasteiger partial charge in [-0.15, -0.1) is 0 Å². The lowest BCUT2D eigenvalue weighted by Gasteiger charge is -2.10. The number of hydrogen-bond acceptors (Lipinski definition) is 4. The number of aromatic nitrogens is 3. The Kier molecular flexibility index (Phi) is 4.10. The third-order valence-corrected chi connectivity index (χ3v) is 4.38. The Balaban J connectivity index is 2.04. The van der Waals surface area contributed by atoms with E-state index < -0.39 is 0 Å². The van der Waals surface area contributed by atoms with E-state index in [9.17, 15) is 4.79 Å². The molecule has 0 spiro atoms. The average molecular weight is 361 g/mol. The molecule has 0 atom stereocenters. The van der Waals surface area contributed by atoms with Gasteiger partial charge in [0.25, 0.3) is 5.56 Å². The second-order valence-corrected chi connectivity index (χ2v) is 6.19. The normalized spacial score (nSPS) is 10.8. The molecule has 0 aliphatic carbocycles. The maximum Gasteiger partial charge on any atom is 0.261 e. The van der Waals surface area contributed by atoms with Crippen LogP contribution in [0.15, 0.2) is 65.5 Å². The number of ether oxygens (including phenoxy) is 1. The first-order valence-corrected chi connectivity index (χ1v) is 8.44. The quantitative estimate of drug-likeness (QED) is 0.533. The van der Waals surface area contributed by atoms with E-state index in [0.717, 1.165) is 28.1 Å². The van der Waals surface area contributed by atoms with Gasteiger partial charge in [0, 0.05) is 11.1 Å². The van der Waals surface area contributed by atoms with Crippen molar-refractivity contribution >= 4 is 23.3 Å². The van der Waals surface area contributed by atoms with Crippen LogP contribution in [0.1, 0.15) is 0 Å². The molecule has 0 saturated heterocycles. The van der Waals surface area contributed by atoms with Gasteiger partial charge in [0.1, 0.15) is 11.4 Å². The van der Waals surface area contributed by atoms with Crippen molar-refractivity contribution in [1.29, 1.82) is 0 Å². The number of aromatic amines is 2. The zero-order valence-corrected chi connectivity index (χ0v) is 14.8. The van der Waals surface area contributed by atoms with Crippen LogP contribution >= 0.6 is 12.2 Å². The van der Waals surface area contributed by atoms with Crippen LogP contribution in [0.2, 0.25) is 0 Å². The predicted molar refractivity (Wildman–Crippen MR) is 105 cm³/mol. The molecule has 4 aromatic rings. The zero-order valence-electron chi connectivity index (χ0n) is 13.9. The molecule has 0 radical (unpaired) electrons. The Bertz CT molecular complexity index is 1200. The molecule has 4 rings (SSSR count). The van der Waals surface area contributed by atoms with Crippen LogP contribution in [0.3, 0.4) is 0 Å². The summed E-state index contributed by atoms with van der Waals surface area (Å²) < 4.78 is 5.46. The third kappa shape index (κ3) is 2.91. The van der Waals surface area contributed by atoms with E-state index in [-0.39, 0.29) is 10.3 Å². The molecule has 0 saturated carbocycles. The van der Waals surface area contributed by atoms with Crippen molar-refractivity contribution in [2.75, 3.05) is 7.11 Å². The molecule has 6 heteroatoms. The Morgan fingerprint density at radius 3 is 2.38 bits per heavy atom. The lowest BCUT2D eigenvalue weighted by atomic mass is 10.0. The smallest absolute Gasteiger partial charge is 0.261 e. The van der Waals surface area contributed by atoms with Crippen LogP contribution in [0.5, 0.6) is 5.75 Å². The minimum atomic E-state index is -0.253. The van der Waals surface area contributed by atoms with Gasteiger partial charge in [0.05, 0.1) is 18.2 Å². The fourth-order valence-corrected chi connectivity index (χ4v) is 3.11. The van der Waals surface area contributed by atoms with Gasteiger partial charge >= 0.3 is 0 Å². The number of hydrogen-bond donors (Lipinski definition) is 2. The standard InChI is InChI=1S/C20H15N3O2S/c1-25-14-9-7-13(8-10-14)16-11-15(12-5-3-2-4-6-12)17-18(21-16)22-20(26)23-19(17)24/h2-11H,1H3,(H2,21,22,23,24,26). The molecule has 2 aromatic heterocycles. The van der Waals surface area contributed by atoms with Gasteiger partial charge in [-0.25, -0.2) is 4.98 Å². The number of H-pyrrole nitrogens is 2. The molecule has 0 bridgehead atoms. The first-order valence-electron chi connectivity index (χ1n) is 8.03. The monoisotopic (exact) mass is 361 g/mol. The summed E-state index contributed by atoms with van der Waals surface area (Å²) in [6.45, 7) is 0. The average Bonchev–Trinajstić information content (AvgIpc) is 2.67. The number of methoxy groups -OCH3 is 1. The fraction of sp³-hybridized carbons (Fsp3) is 0.0500. The zero-order chi connectivity index (χ0) is 18.1. The SMILES string of the molecule is COc1ccc(-c2cc(-c3ccccc3)c3c(=O)[nH]c(=S)[nH]c3n2)cc1. The van der Waals surface area contributed by atoms with Gasteiger partial charge in [0.15, 0.2) is 4.77 Å². The molecule has 0 amide bonds. The van der Waals surface area contributed by atoms with E-state index in [1.54, 1.807) is 7.11 Å². The molecular formula is C20H15N3O2S. The van der Waals surface area contributed by atoms with Gasteiger partial charge in [-0.3, -0.25) is 9.78 Å². The Morgan fingerprint density at radius 2 is 1.69 bits per heavy atom. The van der Waals surface area contributed by atoms with Gasteiger partial charge < -0.3 is 9.72 Å². The fourth-order valence-electron chi connectivity index (χ4n) is 2.92. The van der Waals surface area contributed by atoms with Crippen LogP contribution in [-0.2, 0) is 0 Å². The maximum absolute atomic E-state index is 12.5. The van der Waals surface area contributed by atoms with Crippen LogP contribution in [0, 0.1) is 4.77 Å². The van der Waals surface area contributed by atoms with Crippen molar-refractivity contribution in [3.63, 3.8) is 0 Å². The highest BCUT2D eigenvalue weighted by Gasteiger charge is 2.13. The summed E-state index contributed by atoms with van der Waals surface area (Å²) in [7, 11) is 1.63. The molecule has 26 heavy (non-hydrogen) atoms. The summed E-state index contributed by atoms with van der Waals surface area (Å²) in [6, 6.07) is 19.3. The number of pyridine rings is 1. The Labute approximate surface area is 154 Å². The molecule has 2 aromatic carbocycles. The van der Waals surface area contributed by atoms with Crippen LogP contribution in [0.4, 0.5) is 0 Å². The molecule has 2 heterocycles. The first kappa shape index (κ1) is 16.2. The van der Waals surface area contributed by atoms with E-state index in [1.807, 2.05) is 60.7 Å². The highest BCUT2D eigenvalue weighted by Crippen LogP contribution is 2.30. The number of fused-ring (bicyclic) bond motifs is 1. The number of nitrogens with zero attached hydrogens (tertiary/aromatic N) is 1. The van der Waals surface area contributed by atoms with Crippen molar-refractivity contribution in [3.05, 3.63) is 75.8 Å². The number of benzene rings is 2. The van der Waals surface area contributed by atoms with Gasteiger partial charge in [-0.1, -0.05) is 30.3 Å². The minimum Gasteiger partial charge on any atom is -0.497 e. The topological polar surface area (TPSA) is 70.8 Å². The van der Waals surface area contributed by atoms with Gasteiger partial charge in [-0.05, 0) is 48.1 Å². The molecular weight excluding hydrogens is 346 g/mol. The van der Waals surface area contributed by atoms with E-state index >= 15 is 0 Å². The summed E-state index contributed by atoms with van der Waals surface area (Å²) in [5, 5.41) is 0.488. The Hall–Kier alpha value is -3.25. The van der Waals surface area contributed by atoms with Crippen molar-refractivity contribution in [2.24, 2.45) is 0 Å². The lowest BCUT2D eigenvalue weighted by molar-refractivity contribution is 0.415. The van der Waals surface area contributed by atoms with E-state index in [0.29, 0.717) is 11.0 Å². The molecule has 0 aliphatic rings. The minimum absolute atomic E-state index is 0.251. The summed E-state index contributed by atoms with van der Waals surface area (Å²) in [5.41, 5.74) is 3.61. The van der Waals surface area contributed by atoms with Crippen LogP contribution < -0.4 is 10.3 Å². The van der Waals surface area contributed by atoms with Crippen molar-refractivity contribution in [1.82, 2.24) is 15.0 Å². The summed E-state index contributed by atoms with van der Waals surface area (Å²) in [6.07, 6.45) is 0. The first-order chi connectivity index (χ1) is 12.7. The van der Waals surface area contributed by atoms with E-state index in [1.165, 1.54) is 0 Å². The summed E-state index contributed by atoms with van der Waals surface area (Å²) in [4.78, 5) is 22.8. The Morgan fingerprint density at radius 1 is 0.962 bits per heavy atom. The predicted octanol–water partition coefficient (Wildman–Crippen LogP) is 4.32. The third-order valence-electron chi connectivity index (χ3n) is 4.18. The van der Waals surface area contributed by atoms with Crippen LogP contribution in [0.25, 0.3) is 33.4 Å². The van der Waals surface area contributed by atoms with E-state index in [4.69, 9.17) is 17.0 Å². The molecule has 2 N–H and O–H groups in total.